The first-order valence-electron chi connectivity index (χ1n) is 4.03. The number of amides is 3. The smallest absolute Gasteiger partial charge is 0.348 e. The average molecular weight is 344 g/mol. The van der Waals surface area contributed by atoms with Gasteiger partial charge in [0.25, 0.3) is 5.91 Å². The molecule has 0 aromatic heterocycles. The van der Waals surface area contributed by atoms with Gasteiger partial charge in [-0.05, 0) is 13.3 Å². The number of hydrogen-bond acceptors (Lipinski definition) is 3. The maximum absolute atomic E-state index is 11.7. The third kappa shape index (κ3) is 2.00. The van der Waals surface area contributed by atoms with Gasteiger partial charge in [0.05, 0.1) is 32.3 Å². The second-order valence-corrected chi connectivity index (χ2v) is 4.74. The van der Waals surface area contributed by atoms with Crippen LogP contribution in [0.15, 0.2) is 0 Å². The number of nitrogens with zero attached hydrogens (tertiary/aromatic N) is 2. The number of urea groups is 1. The Hall–Kier alpha value is -0.630. The minimum absolute atomic E-state index is 0.0558. The maximum Gasteiger partial charge on any atom is 0.348 e. The van der Waals surface area contributed by atoms with E-state index >= 15 is 0 Å². The zero-order valence-corrected chi connectivity index (χ0v) is 10.9. The summed E-state index contributed by atoms with van der Waals surface area (Å²) in [7, 11) is 0. The van der Waals surface area contributed by atoms with Crippen LogP contribution in [-0.4, -0.2) is 36.4 Å². The van der Waals surface area contributed by atoms with Crippen molar-refractivity contribution in [3.05, 3.63) is 0 Å². The van der Waals surface area contributed by atoms with Gasteiger partial charge in [-0.3, -0.25) is 9.59 Å². The summed E-state index contributed by atoms with van der Waals surface area (Å²) in [5, 5.41) is 8.54. The number of imide groups is 1. The average Bonchev–Trinajstić information content (AvgIpc) is 2.32. The molecule has 0 spiro atoms. The van der Waals surface area contributed by atoms with E-state index in [4.69, 9.17) is 5.11 Å². The second kappa shape index (κ2) is 4.09. The fourth-order valence-corrected chi connectivity index (χ4v) is 2.47. The largest absolute Gasteiger partial charge is 0.481 e. The molecule has 84 valence electrons. The number of aliphatic carboxylic acids is 1. The molecule has 1 atom stereocenters. The van der Waals surface area contributed by atoms with Gasteiger partial charge in [-0.2, -0.15) is 3.93 Å². The molecule has 1 saturated heterocycles. The molecule has 3 amide bonds. The zero-order chi connectivity index (χ0) is 11.8. The lowest BCUT2D eigenvalue weighted by atomic mass is 9.96. The number of hydrogen-bond donors (Lipinski definition) is 1. The number of carbonyl (C=O) groups is 3. The van der Waals surface area contributed by atoms with Crippen LogP contribution in [0.1, 0.15) is 19.8 Å². The van der Waals surface area contributed by atoms with Crippen LogP contribution < -0.4 is 0 Å². The van der Waals surface area contributed by atoms with E-state index in [0.29, 0.717) is 0 Å². The Kier molecular flexibility index (Phi) is 3.39. The van der Waals surface area contributed by atoms with Crippen molar-refractivity contribution in [2.75, 3.05) is 0 Å². The fourth-order valence-electron chi connectivity index (χ4n) is 1.23. The Bertz CT molecular complexity index is 335. The van der Waals surface area contributed by atoms with Gasteiger partial charge in [0.15, 0.2) is 0 Å². The van der Waals surface area contributed by atoms with Crippen molar-refractivity contribution in [2.45, 2.75) is 25.3 Å². The van der Waals surface area contributed by atoms with Crippen LogP contribution >= 0.6 is 32.3 Å². The third-order valence-electron chi connectivity index (χ3n) is 2.23. The SMILES string of the molecule is CC1(CCC(=O)O)C(=O)N(Br)C(=O)N1Br. The van der Waals surface area contributed by atoms with Crippen molar-refractivity contribution in [1.29, 1.82) is 0 Å². The second-order valence-electron chi connectivity index (χ2n) is 3.32. The first-order chi connectivity index (χ1) is 6.80. The van der Waals surface area contributed by atoms with Crippen LogP contribution in [0.2, 0.25) is 0 Å². The third-order valence-corrected chi connectivity index (χ3v) is 3.95. The monoisotopic (exact) mass is 342 g/mol. The first kappa shape index (κ1) is 12.4. The summed E-state index contributed by atoms with van der Waals surface area (Å²) in [4.78, 5) is 33.4. The molecule has 1 aliphatic rings. The lowest BCUT2D eigenvalue weighted by Crippen LogP contribution is -2.42. The van der Waals surface area contributed by atoms with E-state index in [2.05, 4.69) is 32.3 Å². The number of carboxylic acids is 1. The Morgan fingerprint density at radius 3 is 2.33 bits per heavy atom. The van der Waals surface area contributed by atoms with E-state index in [-0.39, 0.29) is 12.8 Å². The molecule has 1 aliphatic heterocycles. The molecule has 0 aliphatic carbocycles. The maximum atomic E-state index is 11.7. The predicted octanol–water partition coefficient (Wildman–Crippen LogP) is 1.49. The quantitative estimate of drug-likeness (QED) is 0.622. The number of carboxylic acid groups (broad SMARTS) is 1. The van der Waals surface area contributed by atoms with Crippen LogP contribution in [0.4, 0.5) is 4.79 Å². The van der Waals surface area contributed by atoms with Crippen LogP contribution in [0.3, 0.4) is 0 Å². The Morgan fingerprint density at radius 1 is 1.47 bits per heavy atom. The minimum Gasteiger partial charge on any atom is -0.481 e. The van der Waals surface area contributed by atoms with Crippen LogP contribution in [0, 0.1) is 0 Å². The van der Waals surface area contributed by atoms with Crippen molar-refractivity contribution in [3.8, 4) is 0 Å². The molecule has 0 radical (unpaired) electrons. The number of rotatable bonds is 3. The minimum atomic E-state index is -1.15. The van der Waals surface area contributed by atoms with Crippen LogP contribution in [0.5, 0.6) is 0 Å². The molecule has 0 bridgehead atoms. The molecule has 1 unspecified atom stereocenters. The number of halogens is 2. The van der Waals surface area contributed by atoms with Gasteiger partial charge in [-0.25, -0.2) is 8.72 Å². The van der Waals surface area contributed by atoms with Crippen molar-refractivity contribution in [3.63, 3.8) is 0 Å². The Labute approximate surface area is 103 Å². The first-order valence-corrected chi connectivity index (χ1v) is 5.44. The summed E-state index contributed by atoms with van der Waals surface area (Å²) < 4.78 is 1.84. The topological polar surface area (TPSA) is 77.9 Å². The predicted molar refractivity (Wildman–Crippen MR) is 57.2 cm³/mol. The highest BCUT2D eigenvalue weighted by atomic mass is 79.9. The van der Waals surface area contributed by atoms with E-state index in [1.165, 1.54) is 6.92 Å². The molecule has 1 heterocycles. The molecule has 0 aromatic carbocycles. The van der Waals surface area contributed by atoms with Gasteiger partial charge in [0.1, 0.15) is 5.54 Å². The lowest BCUT2D eigenvalue weighted by Gasteiger charge is -2.25. The number of carbonyl (C=O) groups excluding carboxylic acids is 2. The lowest BCUT2D eigenvalue weighted by molar-refractivity contribution is -0.138. The molecule has 8 heteroatoms. The molecule has 0 saturated carbocycles. The summed E-state index contributed by atoms with van der Waals surface area (Å²) >= 11 is 5.76. The molecule has 1 fully saturated rings. The molecule has 6 nitrogen and oxygen atoms in total. The zero-order valence-electron chi connectivity index (χ0n) is 7.74. The van der Waals surface area contributed by atoms with Crippen molar-refractivity contribution in [1.82, 2.24) is 7.85 Å². The van der Waals surface area contributed by atoms with Gasteiger partial charge in [-0.1, -0.05) is 0 Å². The summed E-state index contributed by atoms with van der Waals surface area (Å²) in [6, 6.07) is -0.562. The van der Waals surface area contributed by atoms with E-state index in [1.54, 1.807) is 0 Å². The van der Waals surface area contributed by atoms with E-state index < -0.39 is 23.4 Å². The normalized spacial score (nSPS) is 26.3. The highest BCUT2D eigenvalue weighted by molar-refractivity contribution is 9.08. The summed E-state index contributed by atoms with van der Waals surface area (Å²) in [6.45, 7) is 1.51. The fraction of sp³-hybridized carbons (Fsp3) is 0.571. The highest BCUT2D eigenvalue weighted by Crippen LogP contribution is 2.36. The van der Waals surface area contributed by atoms with Gasteiger partial charge >= 0.3 is 12.0 Å². The molecule has 0 aromatic rings. The van der Waals surface area contributed by atoms with E-state index in [0.717, 1.165) is 7.85 Å². The van der Waals surface area contributed by atoms with Crippen molar-refractivity contribution in [2.24, 2.45) is 0 Å². The van der Waals surface area contributed by atoms with Gasteiger partial charge in [0, 0.05) is 6.42 Å². The van der Waals surface area contributed by atoms with Crippen molar-refractivity contribution < 1.29 is 19.5 Å². The Balaban J connectivity index is 2.87. The Morgan fingerprint density at radius 2 is 2.00 bits per heavy atom. The highest BCUT2D eigenvalue weighted by Gasteiger charge is 2.53. The van der Waals surface area contributed by atoms with E-state index in [1.807, 2.05) is 0 Å². The van der Waals surface area contributed by atoms with Crippen molar-refractivity contribution >= 4 is 50.2 Å². The molecule has 1 rings (SSSR count). The summed E-state index contributed by atoms with van der Waals surface area (Å²) in [6.07, 6.45) is -0.126. The van der Waals surface area contributed by atoms with Crippen LogP contribution in [0.25, 0.3) is 0 Å². The molecule has 15 heavy (non-hydrogen) atoms. The van der Waals surface area contributed by atoms with Gasteiger partial charge < -0.3 is 5.11 Å². The molecule has 1 N–H and O–H groups in total. The van der Waals surface area contributed by atoms with E-state index in [9.17, 15) is 14.4 Å². The van der Waals surface area contributed by atoms with Gasteiger partial charge in [-0.15, -0.1) is 0 Å². The molecular weight excluding hydrogens is 336 g/mol. The standard InChI is InChI=1S/C7H8Br2N2O4/c1-7(3-2-4(12)13)5(14)10(8)6(15)11(7)9/h2-3H2,1H3,(H,12,13). The summed E-state index contributed by atoms with van der Waals surface area (Å²) in [5.74, 6) is -1.49. The van der Waals surface area contributed by atoms with Crippen LogP contribution in [-0.2, 0) is 9.59 Å². The summed E-state index contributed by atoms with van der Waals surface area (Å²) in [5.41, 5.74) is -1.15. The van der Waals surface area contributed by atoms with Gasteiger partial charge in [0.2, 0.25) is 0 Å². The molecular formula is C7H8Br2N2O4.